The van der Waals surface area contributed by atoms with E-state index in [1.807, 2.05) is 6.92 Å². The van der Waals surface area contributed by atoms with Crippen LogP contribution in [0.15, 0.2) is 9.72 Å². The molecule has 1 heterocycles. The molecule has 1 N–H and O–H groups in total. The summed E-state index contributed by atoms with van der Waals surface area (Å²) in [5, 5.41) is 9.01. The Morgan fingerprint density at radius 1 is 1.60 bits per heavy atom. The lowest BCUT2D eigenvalue weighted by molar-refractivity contribution is 0.0687. The lowest BCUT2D eigenvalue weighted by atomic mass is 10.3. The first-order chi connectivity index (χ1) is 9.36. The van der Waals surface area contributed by atoms with E-state index in [9.17, 15) is 13.2 Å². The van der Waals surface area contributed by atoms with Crippen LogP contribution >= 0.6 is 11.3 Å². The second-order valence-electron chi connectivity index (χ2n) is 4.16. The smallest absolute Gasteiger partial charge is 0.356 e. The highest BCUT2D eigenvalue weighted by atomic mass is 32.2. The largest absolute Gasteiger partial charge is 0.476 e. The Morgan fingerprint density at radius 2 is 2.25 bits per heavy atom. The van der Waals surface area contributed by atoms with Crippen LogP contribution in [0.2, 0.25) is 0 Å². The Bertz CT molecular complexity index is 555. The monoisotopic (exact) mass is 322 g/mol. The van der Waals surface area contributed by atoms with E-state index in [0.717, 1.165) is 11.3 Å². The van der Waals surface area contributed by atoms with E-state index in [-0.39, 0.29) is 23.4 Å². The number of methoxy groups -OCH3 is 1. The van der Waals surface area contributed by atoms with Crippen molar-refractivity contribution in [2.75, 3.05) is 20.3 Å². The summed E-state index contributed by atoms with van der Waals surface area (Å²) in [6, 6.07) is -0.251. The molecule has 0 aliphatic rings. The Morgan fingerprint density at radius 3 is 2.75 bits per heavy atom. The fourth-order valence-electron chi connectivity index (χ4n) is 1.63. The van der Waals surface area contributed by atoms with Crippen LogP contribution in [0.4, 0.5) is 0 Å². The Kier molecular flexibility index (Phi) is 6.06. The van der Waals surface area contributed by atoms with Crippen LogP contribution in [0.5, 0.6) is 0 Å². The summed E-state index contributed by atoms with van der Waals surface area (Å²) in [5.41, 5.74) is 0.794. The topological polar surface area (TPSA) is 96.8 Å². The molecule has 1 rings (SSSR count). The van der Waals surface area contributed by atoms with Gasteiger partial charge in [-0.3, -0.25) is 0 Å². The summed E-state index contributed by atoms with van der Waals surface area (Å²) in [6.07, 6.45) is 0.615. The molecule has 0 spiro atoms. The maximum Gasteiger partial charge on any atom is 0.356 e. The molecule has 9 heteroatoms. The van der Waals surface area contributed by atoms with Crippen molar-refractivity contribution in [3.05, 3.63) is 11.2 Å². The van der Waals surface area contributed by atoms with Gasteiger partial charge in [0, 0.05) is 19.7 Å². The third kappa shape index (κ3) is 3.54. The van der Waals surface area contributed by atoms with Gasteiger partial charge in [-0.15, -0.1) is 11.3 Å². The molecule has 0 radical (unpaired) electrons. The SMILES string of the molecule is CCC(C)N(CCOC)S(=O)(=O)c1scnc1C(=O)O. The first-order valence-electron chi connectivity index (χ1n) is 6.03. The number of nitrogens with zero attached hydrogens (tertiary/aromatic N) is 2. The lowest BCUT2D eigenvalue weighted by Crippen LogP contribution is -2.40. The van der Waals surface area contributed by atoms with E-state index in [4.69, 9.17) is 9.84 Å². The van der Waals surface area contributed by atoms with Crippen molar-refractivity contribution in [1.29, 1.82) is 0 Å². The van der Waals surface area contributed by atoms with Gasteiger partial charge in [0.1, 0.15) is 0 Å². The predicted molar refractivity (Wildman–Crippen MR) is 74.6 cm³/mol. The van der Waals surface area contributed by atoms with Crippen LogP contribution in [-0.4, -0.2) is 55.1 Å². The van der Waals surface area contributed by atoms with Crippen LogP contribution in [0.25, 0.3) is 0 Å². The third-order valence-electron chi connectivity index (χ3n) is 2.88. The standard InChI is InChI=1S/C11H18N2O5S2/c1-4-8(2)13(5-6-18-3)20(16,17)11-9(10(14)15)12-7-19-11/h7-8H,4-6H2,1-3H3,(H,14,15). The van der Waals surface area contributed by atoms with E-state index < -0.39 is 21.7 Å². The van der Waals surface area contributed by atoms with Gasteiger partial charge in [0.2, 0.25) is 0 Å². The van der Waals surface area contributed by atoms with Crippen molar-refractivity contribution >= 4 is 27.3 Å². The van der Waals surface area contributed by atoms with Gasteiger partial charge in [-0.2, -0.15) is 4.31 Å². The molecule has 0 aliphatic carbocycles. The molecule has 0 fully saturated rings. The molecule has 0 bridgehead atoms. The molecule has 0 saturated heterocycles. The number of carbonyl (C=O) groups is 1. The van der Waals surface area contributed by atoms with E-state index in [0.29, 0.717) is 6.42 Å². The fraction of sp³-hybridized carbons (Fsp3) is 0.636. The van der Waals surface area contributed by atoms with Crippen LogP contribution in [0.1, 0.15) is 30.8 Å². The Balaban J connectivity index is 3.21. The summed E-state index contributed by atoms with van der Waals surface area (Å²) in [5.74, 6) is -1.35. The van der Waals surface area contributed by atoms with E-state index in [1.165, 1.54) is 16.9 Å². The molecular weight excluding hydrogens is 304 g/mol. The molecule has 20 heavy (non-hydrogen) atoms. The molecule has 7 nitrogen and oxygen atoms in total. The number of sulfonamides is 1. The summed E-state index contributed by atoms with van der Waals surface area (Å²) in [4.78, 5) is 14.7. The maximum absolute atomic E-state index is 12.6. The van der Waals surface area contributed by atoms with Crippen molar-refractivity contribution in [1.82, 2.24) is 9.29 Å². The number of rotatable bonds is 8. The number of carboxylic acid groups (broad SMARTS) is 1. The molecule has 0 aromatic carbocycles. The average Bonchev–Trinajstić information content (AvgIpc) is 2.88. The number of aromatic nitrogens is 1. The number of ether oxygens (including phenoxy) is 1. The highest BCUT2D eigenvalue weighted by molar-refractivity contribution is 7.91. The van der Waals surface area contributed by atoms with Gasteiger partial charge in [-0.25, -0.2) is 18.2 Å². The van der Waals surface area contributed by atoms with Crippen LogP contribution < -0.4 is 0 Å². The van der Waals surface area contributed by atoms with Crippen molar-refractivity contribution in [3.8, 4) is 0 Å². The maximum atomic E-state index is 12.6. The molecule has 1 aromatic rings. The van der Waals surface area contributed by atoms with Crippen molar-refractivity contribution in [2.45, 2.75) is 30.5 Å². The second kappa shape index (κ2) is 7.11. The highest BCUT2D eigenvalue weighted by Crippen LogP contribution is 2.26. The lowest BCUT2D eigenvalue weighted by Gasteiger charge is -2.26. The zero-order valence-corrected chi connectivity index (χ0v) is 13.2. The average molecular weight is 322 g/mol. The zero-order chi connectivity index (χ0) is 15.3. The first kappa shape index (κ1) is 17.0. The molecule has 0 amide bonds. The second-order valence-corrected chi connectivity index (χ2v) is 7.10. The van der Waals surface area contributed by atoms with Crippen molar-refractivity contribution in [2.24, 2.45) is 0 Å². The first-order valence-corrected chi connectivity index (χ1v) is 8.35. The fourth-order valence-corrected chi connectivity index (χ4v) is 4.57. The number of hydrogen-bond donors (Lipinski definition) is 1. The highest BCUT2D eigenvalue weighted by Gasteiger charge is 2.33. The quantitative estimate of drug-likeness (QED) is 0.774. The Hall–Kier alpha value is -1.03. The summed E-state index contributed by atoms with van der Waals surface area (Å²) >= 11 is 0.812. The zero-order valence-electron chi connectivity index (χ0n) is 11.6. The van der Waals surface area contributed by atoms with Crippen LogP contribution in [0, 0.1) is 0 Å². The molecular formula is C11H18N2O5S2. The van der Waals surface area contributed by atoms with Crippen molar-refractivity contribution < 1.29 is 23.1 Å². The van der Waals surface area contributed by atoms with E-state index >= 15 is 0 Å². The van der Waals surface area contributed by atoms with Crippen LogP contribution in [0.3, 0.4) is 0 Å². The minimum atomic E-state index is -3.89. The summed E-state index contributed by atoms with van der Waals surface area (Å²) in [7, 11) is -2.41. The molecule has 1 unspecified atom stereocenters. The minimum Gasteiger partial charge on any atom is -0.476 e. The van der Waals surface area contributed by atoms with E-state index in [1.54, 1.807) is 6.92 Å². The molecule has 1 atom stereocenters. The van der Waals surface area contributed by atoms with Gasteiger partial charge < -0.3 is 9.84 Å². The van der Waals surface area contributed by atoms with Gasteiger partial charge in [0.25, 0.3) is 10.0 Å². The predicted octanol–water partition coefficient (Wildman–Crippen LogP) is 1.28. The van der Waals surface area contributed by atoms with Gasteiger partial charge >= 0.3 is 5.97 Å². The normalized spacial score (nSPS) is 13.6. The minimum absolute atomic E-state index is 0.171. The van der Waals surface area contributed by atoms with Gasteiger partial charge in [0.15, 0.2) is 9.90 Å². The number of carboxylic acids is 1. The molecule has 0 saturated carbocycles. The summed E-state index contributed by atoms with van der Waals surface area (Å²) < 4.78 is 31.2. The molecule has 114 valence electrons. The number of hydrogen-bond acceptors (Lipinski definition) is 6. The molecule has 1 aromatic heterocycles. The van der Waals surface area contributed by atoms with Gasteiger partial charge in [0.05, 0.1) is 12.1 Å². The number of thiazole rings is 1. The van der Waals surface area contributed by atoms with E-state index in [2.05, 4.69) is 4.98 Å². The van der Waals surface area contributed by atoms with Gasteiger partial charge in [-0.1, -0.05) is 6.92 Å². The number of aromatic carboxylic acids is 1. The molecule has 0 aliphatic heterocycles. The summed E-state index contributed by atoms with van der Waals surface area (Å²) in [6.45, 7) is 4.05. The Labute approximate surface area is 122 Å². The van der Waals surface area contributed by atoms with Crippen molar-refractivity contribution in [3.63, 3.8) is 0 Å². The van der Waals surface area contributed by atoms with Crippen LogP contribution in [-0.2, 0) is 14.8 Å². The third-order valence-corrected chi connectivity index (χ3v) is 6.24. The van der Waals surface area contributed by atoms with Gasteiger partial charge in [-0.05, 0) is 13.3 Å².